The van der Waals surface area contributed by atoms with E-state index in [2.05, 4.69) is 16.8 Å². The lowest BCUT2D eigenvalue weighted by molar-refractivity contribution is 0.112. The molecule has 0 aliphatic carbocycles. The van der Waals surface area contributed by atoms with Crippen LogP contribution in [-0.2, 0) is 0 Å². The van der Waals surface area contributed by atoms with Crippen LogP contribution < -0.4 is 4.90 Å². The first kappa shape index (κ1) is 11.0. The van der Waals surface area contributed by atoms with Gasteiger partial charge in [-0.05, 0) is 6.92 Å². The molecule has 15 heavy (non-hydrogen) atoms. The van der Waals surface area contributed by atoms with E-state index in [0.29, 0.717) is 5.25 Å². The van der Waals surface area contributed by atoms with Gasteiger partial charge in [0.1, 0.15) is 0 Å². The van der Waals surface area contributed by atoms with Crippen LogP contribution in [-0.4, -0.2) is 35.4 Å². The van der Waals surface area contributed by atoms with E-state index in [0.717, 1.165) is 40.8 Å². The maximum atomic E-state index is 10.7. The smallest absolute Gasteiger partial charge is 0.186 e. The van der Waals surface area contributed by atoms with Gasteiger partial charge in [-0.1, -0.05) is 18.3 Å². The SMILES string of the molecule is Cc1nc(N2CCSC(C)C2)sc1C=O. The van der Waals surface area contributed by atoms with E-state index in [1.807, 2.05) is 18.7 Å². The summed E-state index contributed by atoms with van der Waals surface area (Å²) in [4.78, 5) is 18.2. The highest BCUT2D eigenvalue weighted by molar-refractivity contribution is 8.00. The molecule has 1 aliphatic rings. The van der Waals surface area contributed by atoms with Gasteiger partial charge >= 0.3 is 0 Å². The fourth-order valence-corrected chi connectivity index (χ4v) is 3.56. The van der Waals surface area contributed by atoms with Gasteiger partial charge in [-0.25, -0.2) is 4.98 Å². The van der Waals surface area contributed by atoms with Crippen LogP contribution in [0.15, 0.2) is 0 Å². The van der Waals surface area contributed by atoms with Crippen molar-refractivity contribution in [2.75, 3.05) is 23.7 Å². The molecule has 1 fully saturated rings. The molecule has 0 aromatic carbocycles. The molecular formula is C10H14N2OS2. The number of thiazole rings is 1. The van der Waals surface area contributed by atoms with Crippen LogP contribution in [0.1, 0.15) is 22.3 Å². The van der Waals surface area contributed by atoms with Crippen molar-refractivity contribution in [1.82, 2.24) is 4.98 Å². The van der Waals surface area contributed by atoms with Gasteiger partial charge < -0.3 is 4.90 Å². The van der Waals surface area contributed by atoms with Gasteiger partial charge in [0.25, 0.3) is 0 Å². The van der Waals surface area contributed by atoms with Crippen molar-refractivity contribution in [2.45, 2.75) is 19.1 Å². The lowest BCUT2D eigenvalue weighted by Crippen LogP contribution is -2.36. The number of nitrogens with zero attached hydrogens (tertiary/aromatic N) is 2. The van der Waals surface area contributed by atoms with Crippen molar-refractivity contribution in [3.63, 3.8) is 0 Å². The molecule has 1 aromatic heterocycles. The molecule has 0 amide bonds. The summed E-state index contributed by atoms with van der Waals surface area (Å²) in [5.74, 6) is 1.15. The molecule has 5 heteroatoms. The Balaban J connectivity index is 2.17. The minimum absolute atomic E-state index is 0.655. The van der Waals surface area contributed by atoms with Crippen molar-refractivity contribution >= 4 is 34.5 Å². The molecule has 0 radical (unpaired) electrons. The predicted molar refractivity (Wildman–Crippen MR) is 66.4 cm³/mol. The zero-order valence-electron chi connectivity index (χ0n) is 8.90. The average Bonchev–Trinajstić information content (AvgIpc) is 2.60. The highest BCUT2D eigenvalue weighted by Gasteiger charge is 2.20. The third-order valence-electron chi connectivity index (χ3n) is 2.44. The minimum atomic E-state index is 0.655. The maximum Gasteiger partial charge on any atom is 0.186 e. The second-order valence-electron chi connectivity index (χ2n) is 3.69. The van der Waals surface area contributed by atoms with E-state index in [1.165, 1.54) is 11.3 Å². The number of carbonyl (C=O) groups is 1. The summed E-state index contributed by atoms with van der Waals surface area (Å²) in [5.41, 5.74) is 0.857. The van der Waals surface area contributed by atoms with E-state index < -0.39 is 0 Å². The summed E-state index contributed by atoms with van der Waals surface area (Å²) < 4.78 is 0. The first-order chi connectivity index (χ1) is 7.20. The first-order valence-corrected chi connectivity index (χ1v) is 6.86. The Kier molecular flexibility index (Phi) is 3.31. The van der Waals surface area contributed by atoms with E-state index >= 15 is 0 Å². The molecular weight excluding hydrogens is 228 g/mol. The van der Waals surface area contributed by atoms with E-state index in [1.54, 1.807) is 0 Å². The Morgan fingerprint density at radius 1 is 1.60 bits per heavy atom. The summed E-state index contributed by atoms with van der Waals surface area (Å²) in [6.07, 6.45) is 0.901. The van der Waals surface area contributed by atoms with Crippen molar-refractivity contribution in [3.05, 3.63) is 10.6 Å². The molecule has 1 atom stereocenters. The molecule has 0 spiro atoms. The summed E-state index contributed by atoms with van der Waals surface area (Å²) in [7, 11) is 0. The molecule has 1 aromatic rings. The molecule has 1 aliphatic heterocycles. The highest BCUT2D eigenvalue weighted by atomic mass is 32.2. The predicted octanol–water partition coefficient (Wildman–Crippen LogP) is 2.21. The summed E-state index contributed by atoms with van der Waals surface area (Å²) in [6.45, 7) is 6.21. The van der Waals surface area contributed by atoms with Gasteiger partial charge in [-0.2, -0.15) is 11.8 Å². The standard InChI is InChI=1S/C10H14N2OS2/c1-7-5-12(3-4-14-7)10-11-8(2)9(6-13)15-10/h6-7H,3-5H2,1-2H3. The molecule has 1 saturated heterocycles. The maximum absolute atomic E-state index is 10.7. The van der Waals surface area contributed by atoms with Crippen molar-refractivity contribution in [1.29, 1.82) is 0 Å². The van der Waals surface area contributed by atoms with Gasteiger partial charge in [0.2, 0.25) is 0 Å². The van der Waals surface area contributed by atoms with Gasteiger partial charge in [-0.15, -0.1) is 0 Å². The zero-order chi connectivity index (χ0) is 10.8. The van der Waals surface area contributed by atoms with Crippen LogP contribution in [0.5, 0.6) is 0 Å². The molecule has 0 N–H and O–H groups in total. The Labute approximate surface area is 97.9 Å². The third-order valence-corrected chi connectivity index (χ3v) is 4.72. The summed E-state index contributed by atoms with van der Waals surface area (Å²) in [6, 6.07) is 0. The molecule has 1 unspecified atom stereocenters. The Morgan fingerprint density at radius 3 is 3.00 bits per heavy atom. The highest BCUT2D eigenvalue weighted by Crippen LogP contribution is 2.28. The van der Waals surface area contributed by atoms with Crippen molar-refractivity contribution < 1.29 is 4.79 Å². The number of aldehydes is 1. The number of aromatic nitrogens is 1. The fourth-order valence-electron chi connectivity index (χ4n) is 1.63. The number of anilines is 1. The van der Waals surface area contributed by atoms with Crippen LogP contribution in [0.4, 0.5) is 5.13 Å². The van der Waals surface area contributed by atoms with Crippen LogP contribution >= 0.6 is 23.1 Å². The molecule has 82 valence electrons. The minimum Gasteiger partial charge on any atom is -0.346 e. The average molecular weight is 242 g/mol. The number of hydrogen-bond acceptors (Lipinski definition) is 5. The topological polar surface area (TPSA) is 33.2 Å². The number of hydrogen-bond donors (Lipinski definition) is 0. The largest absolute Gasteiger partial charge is 0.346 e. The molecule has 0 saturated carbocycles. The van der Waals surface area contributed by atoms with E-state index in [-0.39, 0.29) is 0 Å². The lowest BCUT2D eigenvalue weighted by atomic mass is 10.4. The normalized spacial score (nSPS) is 21.7. The van der Waals surface area contributed by atoms with E-state index in [4.69, 9.17) is 0 Å². The van der Waals surface area contributed by atoms with Gasteiger partial charge in [0.15, 0.2) is 11.4 Å². The van der Waals surface area contributed by atoms with Gasteiger partial charge in [0, 0.05) is 24.1 Å². The Morgan fingerprint density at radius 2 is 2.40 bits per heavy atom. The second kappa shape index (κ2) is 4.53. The number of carbonyl (C=O) groups excluding carboxylic acids is 1. The Hall–Kier alpha value is -0.550. The molecule has 3 nitrogen and oxygen atoms in total. The first-order valence-electron chi connectivity index (χ1n) is 5.00. The molecule has 2 heterocycles. The van der Waals surface area contributed by atoms with E-state index in [9.17, 15) is 4.79 Å². The van der Waals surface area contributed by atoms with Crippen LogP contribution in [0.3, 0.4) is 0 Å². The third kappa shape index (κ3) is 2.34. The van der Waals surface area contributed by atoms with Crippen LogP contribution in [0.2, 0.25) is 0 Å². The summed E-state index contributed by atoms with van der Waals surface area (Å²) in [5, 5.41) is 1.66. The Bertz CT molecular complexity index is 364. The summed E-state index contributed by atoms with van der Waals surface area (Å²) >= 11 is 3.50. The fraction of sp³-hybridized carbons (Fsp3) is 0.600. The van der Waals surface area contributed by atoms with Crippen molar-refractivity contribution in [3.8, 4) is 0 Å². The van der Waals surface area contributed by atoms with Gasteiger partial charge in [-0.3, -0.25) is 4.79 Å². The van der Waals surface area contributed by atoms with Crippen LogP contribution in [0, 0.1) is 6.92 Å². The zero-order valence-corrected chi connectivity index (χ0v) is 10.5. The number of thioether (sulfide) groups is 1. The van der Waals surface area contributed by atoms with Gasteiger partial charge in [0.05, 0.1) is 10.6 Å². The monoisotopic (exact) mass is 242 g/mol. The molecule has 0 bridgehead atoms. The number of rotatable bonds is 2. The lowest BCUT2D eigenvalue weighted by Gasteiger charge is -2.30. The quantitative estimate of drug-likeness (QED) is 0.744. The molecule has 2 rings (SSSR count). The number of aryl methyl sites for hydroxylation is 1. The van der Waals surface area contributed by atoms with Crippen molar-refractivity contribution in [2.24, 2.45) is 0 Å². The second-order valence-corrected chi connectivity index (χ2v) is 6.25. The van der Waals surface area contributed by atoms with Crippen LogP contribution in [0.25, 0.3) is 0 Å².